The third-order valence-corrected chi connectivity index (χ3v) is 3.25. The van der Waals surface area contributed by atoms with Crippen molar-refractivity contribution < 1.29 is 41.2 Å². The van der Waals surface area contributed by atoms with Crippen LogP contribution < -0.4 is 14.2 Å². The Bertz CT molecular complexity index is 1320. The molecule has 4 nitrogen and oxygen atoms in total. The first kappa shape index (κ1) is 7.43. The van der Waals surface area contributed by atoms with Gasteiger partial charge in [0.1, 0.15) is 12.3 Å². The van der Waals surface area contributed by atoms with Crippen molar-refractivity contribution in [2.75, 3.05) is 20.7 Å². The van der Waals surface area contributed by atoms with Gasteiger partial charge in [0.25, 0.3) is 0 Å². The minimum Gasteiger partial charge on any atom is -0.493 e. The van der Waals surface area contributed by atoms with Crippen LogP contribution in [0.4, 0.5) is 0 Å². The molecule has 0 fully saturated rings. The van der Waals surface area contributed by atoms with Crippen LogP contribution in [0.2, 0.25) is 0 Å². The van der Waals surface area contributed by atoms with Gasteiger partial charge in [0.15, 0.2) is 11.5 Å². The summed E-state index contributed by atoms with van der Waals surface area (Å²) >= 11 is 0. The van der Waals surface area contributed by atoms with E-state index in [9.17, 15) is 5.11 Å². The summed E-state index contributed by atoms with van der Waals surface area (Å²) in [5.41, 5.74) is -0.632. The van der Waals surface area contributed by atoms with Crippen LogP contribution in [0.5, 0.6) is 17.2 Å². The van der Waals surface area contributed by atoms with Gasteiger partial charge in [-0.3, -0.25) is 0 Å². The van der Waals surface area contributed by atoms with Gasteiger partial charge >= 0.3 is 0 Å². The largest absolute Gasteiger partial charge is 0.493 e. The van der Waals surface area contributed by atoms with E-state index in [0.717, 1.165) is 7.11 Å². The van der Waals surface area contributed by atoms with Crippen LogP contribution in [-0.4, -0.2) is 31.9 Å². The van der Waals surface area contributed by atoms with Crippen LogP contribution >= 0.6 is 0 Å². The lowest BCUT2D eigenvalue weighted by Gasteiger charge is -2.13. The number of hydrogen-bond donors (Lipinski definition) is 1. The topological polar surface area (TPSA) is 47.9 Å². The Hall–Kier alpha value is -2.20. The number of ether oxygens (including phenoxy) is 3. The van der Waals surface area contributed by atoms with Crippen molar-refractivity contribution in [2.24, 2.45) is 0 Å². The second kappa shape index (κ2) is 10.1. The summed E-state index contributed by atoms with van der Waals surface area (Å²) in [7, 11) is -2.20. The molecule has 4 heteroatoms. The first-order valence-electron chi connectivity index (χ1n) is 15.6. The summed E-state index contributed by atoms with van der Waals surface area (Å²) in [5, 5.41) is 10.7. The maximum absolute atomic E-state index is 10.7. The summed E-state index contributed by atoms with van der Waals surface area (Å²) in [5.74, 6) is -2.34. The highest BCUT2D eigenvalue weighted by Crippen LogP contribution is 2.28. The average molecular weight is 375 g/mol. The number of aliphatic hydroxyl groups is 1. The van der Waals surface area contributed by atoms with E-state index in [-0.39, 0.29) is 17.2 Å². The maximum Gasteiger partial charge on any atom is 0.160 e. The highest BCUT2D eigenvalue weighted by atomic mass is 16.5. The Morgan fingerprint density at radius 2 is 2.00 bits per heavy atom. The SMILES string of the molecule is [2H]c1c([2H])c(OC([2H])([2H])C([2H])(O)CCC([2H])([2H])C([2H])([2H])c2c([2H])c([2H])c(OC)c(OC([2H])([2H])[2H])c2[2H])c([2H])c(C)c1C. The standard InChI is InChI=1S/C22H30O4/c1-16-9-11-20(13-17(16)2)26-15-19(23)8-6-5-7-18-10-12-21(24-3)22(14-18)25-4/h9-14,19,23H,5-8,15H2,1-4H3/i4D3,5D2,7D2,9D,10D,11D,12D,13D,14D,15D2,19D. The first-order valence-corrected chi connectivity index (χ1v) is 7.61. The first-order chi connectivity index (χ1) is 18.8. The molecule has 0 aliphatic heterocycles. The molecule has 0 aromatic heterocycles. The van der Waals surface area contributed by atoms with Crippen LogP contribution in [0.25, 0.3) is 0 Å². The summed E-state index contributed by atoms with van der Waals surface area (Å²) in [6.45, 7) is -0.512. The molecule has 0 aliphatic carbocycles. The number of methoxy groups -OCH3 is 2. The number of hydrogen-bond acceptors (Lipinski definition) is 4. The third kappa shape index (κ3) is 5.95. The van der Waals surface area contributed by atoms with E-state index in [0.29, 0.717) is 0 Å². The third-order valence-electron chi connectivity index (χ3n) is 3.25. The van der Waals surface area contributed by atoms with Crippen molar-refractivity contribution in [3.63, 3.8) is 0 Å². The van der Waals surface area contributed by atoms with Gasteiger partial charge in [-0.1, -0.05) is 18.5 Å². The van der Waals surface area contributed by atoms with Crippen LogP contribution in [0.3, 0.4) is 0 Å². The van der Waals surface area contributed by atoms with Gasteiger partial charge in [-0.15, -0.1) is 0 Å². The Balaban J connectivity index is 2.50. The predicted molar refractivity (Wildman–Crippen MR) is 105 cm³/mol. The van der Waals surface area contributed by atoms with Gasteiger partial charge in [0.05, 0.1) is 36.7 Å². The Labute approximate surface area is 179 Å². The zero-order valence-corrected chi connectivity index (χ0v) is 14.6. The van der Waals surface area contributed by atoms with Crippen molar-refractivity contribution in [1.82, 2.24) is 0 Å². The van der Waals surface area contributed by atoms with Crippen molar-refractivity contribution in [3.05, 3.63) is 52.9 Å². The van der Waals surface area contributed by atoms with Crippen LogP contribution in [0.1, 0.15) is 57.8 Å². The molecule has 26 heavy (non-hydrogen) atoms. The minimum absolute atomic E-state index is 0.187. The van der Waals surface area contributed by atoms with E-state index in [2.05, 4.69) is 0 Å². The van der Waals surface area contributed by atoms with E-state index in [4.69, 9.17) is 36.1 Å². The highest BCUT2D eigenvalue weighted by molar-refractivity contribution is 5.42. The van der Waals surface area contributed by atoms with Crippen molar-refractivity contribution in [2.45, 2.75) is 45.5 Å². The van der Waals surface area contributed by atoms with Gasteiger partial charge in [-0.05, 0) is 73.9 Å². The summed E-state index contributed by atoms with van der Waals surface area (Å²) < 4.78 is 143. The fraction of sp³-hybridized carbons (Fsp3) is 0.455. The zero-order chi connectivity index (χ0) is 33.0. The maximum atomic E-state index is 10.7. The van der Waals surface area contributed by atoms with Crippen LogP contribution in [0, 0.1) is 13.8 Å². The lowest BCUT2D eigenvalue weighted by Crippen LogP contribution is -2.17. The molecule has 0 spiro atoms. The van der Waals surface area contributed by atoms with E-state index in [1.807, 2.05) is 0 Å². The molecule has 0 bridgehead atoms. The second-order valence-electron chi connectivity index (χ2n) is 5.12. The highest BCUT2D eigenvalue weighted by Gasteiger charge is 2.07. The van der Waals surface area contributed by atoms with Crippen LogP contribution in [0.15, 0.2) is 36.3 Å². The van der Waals surface area contributed by atoms with Gasteiger partial charge in [-0.2, -0.15) is 0 Å². The molecule has 0 saturated carbocycles. The second-order valence-corrected chi connectivity index (χ2v) is 5.12. The lowest BCUT2D eigenvalue weighted by molar-refractivity contribution is 0.0976. The molecule has 0 aliphatic rings. The normalized spacial score (nSPS) is 24.2. The molecule has 1 N–H and O–H groups in total. The smallest absolute Gasteiger partial charge is 0.160 e. The molecular formula is C22H30O4. The van der Waals surface area contributed by atoms with Crippen LogP contribution in [-0.2, 0) is 6.37 Å². The number of benzene rings is 2. The molecule has 2 aromatic rings. The van der Waals surface area contributed by atoms with Crippen molar-refractivity contribution in [1.29, 1.82) is 0 Å². The summed E-state index contributed by atoms with van der Waals surface area (Å²) in [6.07, 6.45) is -12.2. The average Bonchev–Trinajstić information content (AvgIpc) is 2.85. The Kier molecular flexibility index (Phi) is 2.88. The Morgan fingerprint density at radius 3 is 2.77 bits per heavy atom. The number of rotatable bonds is 10. The molecule has 0 radical (unpaired) electrons. The fourth-order valence-corrected chi connectivity index (χ4v) is 1.74. The van der Waals surface area contributed by atoms with E-state index in [1.54, 1.807) is 0 Å². The zero-order valence-electron chi connectivity index (χ0n) is 30.6. The Morgan fingerprint density at radius 1 is 1.15 bits per heavy atom. The monoisotopic (exact) mass is 374 g/mol. The van der Waals surface area contributed by atoms with Gasteiger partial charge in [-0.25, -0.2) is 0 Å². The molecule has 2 rings (SSSR count). The molecular weight excluding hydrogens is 328 g/mol. The molecule has 0 amide bonds. The summed E-state index contributed by atoms with van der Waals surface area (Å²) in [4.78, 5) is 0. The van der Waals surface area contributed by atoms with E-state index in [1.165, 1.54) is 13.8 Å². The quantitative estimate of drug-likeness (QED) is 0.666. The predicted octanol–water partition coefficient (Wildman–Crippen LogP) is 4.47. The lowest BCUT2D eigenvalue weighted by atomic mass is 10.0. The summed E-state index contributed by atoms with van der Waals surface area (Å²) in [6, 6.07) is -4.53. The van der Waals surface area contributed by atoms with Crippen molar-refractivity contribution >= 4 is 0 Å². The fourth-order valence-electron chi connectivity index (χ4n) is 1.74. The molecule has 2 aromatic carbocycles. The molecule has 142 valence electrons. The van der Waals surface area contributed by atoms with Crippen molar-refractivity contribution in [3.8, 4) is 17.2 Å². The molecule has 1 atom stereocenters. The molecule has 0 heterocycles. The van der Waals surface area contributed by atoms with Gasteiger partial charge < -0.3 is 19.3 Å². The van der Waals surface area contributed by atoms with E-state index >= 15 is 0 Å². The van der Waals surface area contributed by atoms with Gasteiger partial charge in [0.2, 0.25) is 0 Å². The molecule has 1 unspecified atom stereocenters. The molecule has 0 saturated heterocycles. The van der Waals surface area contributed by atoms with E-state index < -0.39 is 98.3 Å². The minimum atomic E-state index is -3.41. The van der Waals surface area contributed by atoms with Gasteiger partial charge in [0, 0.05) is 5.48 Å².